The molecule has 1 aliphatic rings. The summed E-state index contributed by atoms with van der Waals surface area (Å²) in [5.41, 5.74) is 6.52. The van der Waals surface area contributed by atoms with E-state index in [0.29, 0.717) is 12.3 Å². The minimum atomic E-state index is -3.96. The van der Waals surface area contributed by atoms with Crippen molar-refractivity contribution in [3.05, 3.63) is 35.9 Å². The van der Waals surface area contributed by atoms with Gasteiger partial charge in [0.05, 0.1) is 17.6 Å². The van der Waals surface area contributed by atoms with E-state index < -0.39 is 46.4 Å². The predicted octanol–water partition coefficient (Wildman–Crippen LogP) is 6.74. The van der Waals surface area contributed by atoms with Gasteiger partial charge in [-0.25, -0.2) is 8.42 Å². The van der Waals surface area contributed by atoms with Gasteiger partial charge in [0.2, 0.25) is 11.8 Å². The number of rotatable bonds is 13. The Labute approximate surface area is 289 Å². The Hall–Kier alpha value is -2.62. The minimum Gasteiger partial charge on any atom is -0.391 e. The van der Waals surface area contributed by atoms with Gasteiger partial charge in [-0.1, -0.05) is 110 Å². The van der Waals surface area contributed by atoms with Gasteiger partial charge < -0.3 is 21.5 Å². The van der Waals surface area contributed by atoms with Crippen LogP contribution in [0.4, 0.5) is 13.2 Å². The first-order chi connectivity index (χ1) is 22.5. The number of terminal acetylenes is 1. The number of nitrogens with one attached hydrogen (secondary N) is 2. The van der Waals surface area contributed by atoms with Crippen molar-refractivity contribution in [3.63, 3.8) is 0 Å². The highest BCUT2D eigenvalue weighted by Crippen LogP contribution is 2.22. The number of carbonyl (C=O) groups is 2. The lowest BCUT2D eigenvalue weighted by Gasteiger charge is -2.18. The zero-order valence-corrected chi connectivity index (χ0v) is 31.2. The van der Waals surface area contributed by atoms with E-state index in [2.05, 4.69) is 42.5 Å². The van der Waals surface area contributed by atoms with Gasteiger partial charge >= 0.3 is 6.18 Å². The highest BCUT2D eigenvalue weighted by atomic mass is 32.2. The molecule has 280 valence electrons. The van der Waals surface area contributed by atoms with E-state index in [1.165, 1.54) is 37.7 Å². The van der Waals surface area contributed by atoms with Crippen molar-refractivity contribution < 1.29 is 36.3 Å². The van der Waals surface area contributed by atoms with Crippen LogP contribution in [0.1, 0.15) is 111 Å². The van der Waals surface area contributed by atoms with Crippen LogP contribution >= 0.6 is 0 Å². The summed E-state index contributed by atoms with van der Waals surface area (Å²) in [7, 11) is -3.39. The molecule has 1 aromatic carbocycles. The Morgan fingerprint density at radius 1 is 1.06 bits per heavy atom. The Bertz CT molecular complexity index is 1070. The van der Waals surface area contributed by atoms with Crippen LogP contribution in [-0.4, -0.2) is 68.3 Å². The molecule has 5 N–H and O–H groups in total. The normalized spacial score (nSPS) is 14.0. The van der Waals surface area contributed by atoms with Crippen molar-refractivity contribution in [2.24, 2.45) is 17.6 Å². The molecule has 0 saturated heterocycles. The maximum Gasteiger partial charge on any atom is 0.388 e. The van der Waals surface area contributed by atoms with Crippen LogP contribution in [0.3, 0.4) is 0 Å². The number of carbonyl (C=O) groups excluding carboxylic acids is 2. The molecule has 0 unspecified atom stereocenters. The first kappa shape index (κ1) is 49.8. The number of aliphatic hydroxyl groups excluding tert-OH is 1. The van der Waals surface area contributed by atoms with E-state index >= 15 is 0 Å². The summed E-state index contributed by atoms with van der Waals surface area (Å²) in [6, 6.07) is 9.29. The number of hydrogen-bond donors (Lipinski definition) is 4. The molecular weight excluding hydrogens is 643 g/mol. The van der Waals surface area contributed by atoms with Gasteiger partial charge in [-0.2, -0.15) is 13.2 Å². The number of hydrogen-bond acceptors (Lipinski definition) is 6. The monoisotopic (exact) mass is 707 g/mol. The van der Waals surface area contributed by atoms with Gasteiger partial charge in [0, 0.05) is 32.4 Å². The molecule has 0 aliphatic heterocycles. The summed E-state index contributed by atoms with van der Waals surface area (Å²) < 4.78 is 55.5. The quantitative estimate of drug-likeness (QED) is 0.168. The zero-order valence-electron chi connectivity index (χ0n) is 30.4. The molecule has 1 fully saturated rings. The number of nitrogens with two attached hydrogens (primary N) is 1. The molecule has 1 aliphatic carbocycles. The van der Waals surface area contributed by atoms with Crippen molar-refractivity contribution in [1.29, 1.82) is 0 Å². The van der Waals surface area contributed by atoms with E-state index in [4.69, 9.17) is 12.2 Å². The summed E-state index contributed by atoms with van der Waals surface area (Å²) in [4.78, 5) is 24.0. The van der Waals surface area contributed by atoms with Crippen LogP contribution in [0.5, 0.6) is 0 Å². The van der Waals surface area contributed by atoms with Gasteiger partial charge in [0.15, 0.2) is 9.84 Å². The molecule has 12 heteroatoms. The third-order valence-corrected chi connectivity index (χ3v) is 8.55. The topological polar surface area (TPSA) is 139 Å². The number of amides is 2. The lowest BCUT2D eigenvalue weighted by molar-refractivity contribution is -0.130. The van der Waals surface area contributed by atoms with Gasteiger partial charge in [0.1, 0.15) is 6.04 Å². The lowest BCUT2D eigenvalue weighted by atomic mass is 9.91. The minimum absolute atomic E-state index is 0.00872. The summed E-state index contributed by atoms with van der Waals surface area (Å²) in [6.45, 7) is 13.7. The molecular formula is C36H64F3N3O5S. The Kier molecular flexibility index (Phi) is 31.6. The van der Waals surface area contributed by atoms with Gasteiger partial charge in [-0.3, -0.25) is 9.59 Å². The standard InChI is InChI=1S/C17H31N3O5S.C7H14.C7H8.C3H5F3.C2H6/c1-4-5-15(17(23)19-12-14(21)7-6-13(2)3)20-16(22)8-10-26(24,25)11-9-18;2*1-7-5-3-2-4-6-7;1-2-3(4,5)6;1-2/h1,13-15,21H,5-12,18H2,2-3H3,(H,19,23)(H,20,22);7H,2-6H2,1H3;2-6H,1H3;2H2,1H3;1-2H3/t14-,15-;;;;/m0..../s1. The fraction of sp³-hybridized carbons (Fsp3) is 0.722. The van der Waals surface area contributed by atoms with Crippen molar-refractivity contribution in [3.8, 4) is 12.3 Å². The number of aryl methyl sites for hydroxylation is 1. The van der Waals surface area contributed by atoms with Gasteiger partial charge in [-0.15, -0.1) is 12.3 Å². The van der Waals surface area contributed by atoms with E-state index in [-0.39, 0.29) is 37.4 Å². The molecule has 0 bridgehead atoms. The molecule has 2 atom stereocenters. The molecule has 0 heterocycles. The molecule has 1 saturated carbocycles. The second-order valence-electron chi connectivity index (χ2n) is 12.0. The molecule has 2 amide bonds. The van der Waals surface area contributed by atoms with E-state index in [0.717, 1.165) is 19.3 Å². The van der Waals surface area contributed by atoms with E-state index in [9.17, 15) is 36.3 Å². The molecule has 48 heavy (non-hydrogen) atoms. The average Bonchev–Trinajstić information content (AvgIpc) is 3.04. The summed E-state index contributed by atoms with van der Waals surface area (Å²) in [6.07, 6.45) is 8.38. The highest BCUT2D eigenvalue weighted by Gasteiger charge is 2.23. The third kappa shape index (κ3) is 34.7. The number of halogens is 3. The maximum atomic E-state index is 12.1. The maximum absolute atomic E-state index is 12.1. The van der Waals surface area contributed by atoms with Gasteiger partial charge in [0.25, 0.3) is 0 Å². The van der Waals surface area contributed by atoms with Crippen molar-refractivity contribution in [2.75, 3.05) is 24.6 Å². The van der Waals surface area contributed by atoms with Gasteiger partial charge in [-0.05, 0) is 31.6 Å². The number of sulfone groups is 1. The predicted molar refractivity (Wildman–Crippen MR) is 192 cm³/mol. The second kappa shape index (κ2) is 30.4. The molecule has 8 nitrogen and oxygen atoms in total. The van der Waals surface area contributed by atoms with Crippen LogP contribution in [0, 0.1) is 31.1 Å². The fourth-order valence-corrected chi connectivity index (χ4v) is 4.99. The molecule has 0 spiro atoms. The Morgan fingerprint density at radius 2 is 1.60 bits per heavy atom. The fourth-order valence-electron chi connectivity index (χ4n) is 3.93. The Balaban J connectivity index is -0.000000728. The largest absolute Gasteiger partial charge is 0.391 e. The smallest absolute Gasteiger partial charge is 0.388 e. The highest BCUT2D eigenvalue weighted by molar-refractivity contribution is 7.91. The van der Waals surface area contributed by atoms with Crippen molar-refractivity contribution >= 4 is 21.7 Å². The number of alkyl halides is 3. The van der Waals surface area contributed by atoms with Crippen LogP contribution in [-0.2, 0) is 19.4 Å². The second-order valence-corrected chi connectivity index (χ2v) is 14.3. The number of benzene rings is 1. The van der Waals surface area contributed by atoms with Crippen LogP contribution in [0.15, 0.2) is 30.3 Å². The first-order valence-electron chi connectivity index (χ1n) is 17.1. The third-order valence-electron chi connectivity index (χ3n) is 6.87. The molecule has 0 aromatic heterocycles. The molecule has 2 rings (SSSR count). The summed E-state index contributed by atoms with van der Waals surface area (Å²) >= 11 is 0. The molecule has 1 aromatic rings. The van der Waals surface area contributed by atoms with E-state index in [1.807, 2.05) is 45.9 Å². The zero-order chi connectivity index (χ0) is 37.6. The van der Waals surface area contributed by atoms with Crippen LogP contribution < -0.4 is 16.4 Å². The van der Waals surface area contributed by atoms with Crippen LogP contribution in [0.25, 0.3) is 0 Å². The van der Waals surface area contributed by atoms with E-state index in [1.54, 1.807) is 0 Å². The van der Waals surface area contributed by atoms with Crippen LogP contribution in [0.2, 0.25) is 0 Å². The number of aliphatic hydroxyl groups is 1. The SMILES string of the molecule is C#CC[C@H](NC(=O)CCS(=O)(=O)CCN)C(=O)NC[C@@H](O)CCC(C)C.CC.CC1CCCCC1.CCC(F)(F)F.Cc1ccccc1. The Morgan fingerprint density at radius 3 is 1.98 bits per heavy atom. The molecule has 0 radical (unpaired) electrons. The average molecular weight is 708 g/mol. The summed E-state index contributed by atoms with van der Waals surface area (Å²) in [5.74, 6) is 2.16. The van der Waals surface area contributed by atoms with Crippen molar-refractivity contribution in [2.45, 2.75) is 131 Å². The lowest BCUT2D eigenvalue weighted by Crippen LogP contribution is -2.48. The van der Waals surface area contributed by atoms with Crippen molar-refractivity contribution in [1.82, 2.24) is 10.6 Å². The first-order valence-corrected chi connectivity index (χ1v) is 19.0. The summed E-state index contributed by atoms with van der Waals surface area (Å²) in [5, 5.41) is 14.8.